The fraction of sp³-hybridized carbons (Fsp3) is 0.533. The molecule has 1 aliphatic rings. The number of carbonyl (C=O) groups is 1. The lowest BCUT2D eigenvalue weighted by Crippen LogP contribution is -2.44. The van der Waals surface area contributed by atoms with Crippen LogP contribution in [0, 0.1) is 5.92 Å². The second-order valence-electron chi connectivity index (χ2n) is 5.20. The summed E-state index contributed by atoms with van der Waals surface area (Å²) in [5.74, 6) is 0.671. The van der Waals surface area contributed by atoms with E-state index in [9.17, 15) is 4.79 Å². The first-order valence-corrected chi connectivity index (χ1v) is 7.40. The van der Waals surface area contributed by atoms with Crippen LogP contribution in [0.3, 0.4) is 0 Å². The molecule has 0 bridgehead atoms. The van der Waals surface area contributed by atoms with Gasteiger partial charge in [0.1, 0.15) is 0 Å². The average molecular weight is 326 g/mol. The lowest BCUT2D eigenvalue weighted by atomic mass is 9.94. The third-order valence-corrected chi connectivity index (χ3v) is 4.37. The highest BCUT2D eigenvalue weighted by molar-refractivity contribution is 9.10. The number of Topliss-reactive ketones (excluding diaryl/α,β-unsaturated/α-hetero) is 1. The number of nitrogens with zero attached hydrogens (tertiary/aromatic N) is 1. The van der Waals surface area contributed by atoms with Gasteiger partial charge in [0.05, 0.1) is 6.10 Å². The maximum absolute atomic E-state index is 11.8. The van der Waals surface area contributed by atoms with Gasteiger partial charge in [-0.05, 0) is 37.5 Å². The van der Waals surface area contributed by atoms with Crippen LogP contribution in [0.2, 0.25) is 0 Å². The van der Waals surface area contributed by atoms with Gasteiger partial charge in [-0.15, -0.1) is 0 Å². The minimum absolute atomic E-state index is 0.107. The molecule has 2 rings (SSSR count). The molecule has 0 spiro atoms. The molecular formula is C15H20BrNO2. The third kappa shape index (κ3) is 3.18. The van der Waals surface area contributed by atoms with Crippen LogP contribution in [0.15, 0.2) is 22.7 Å². The first-order valence-electron chi connectivity index (χ1n) is 6.61. The highest BCUT2D eigenvalue weighted by Crippen LogP contribution is 2.30. The van der Waals surface area contributed by atoms with Crippen LogP contribution in [0.25, 0.3) is 0 Å². The van der Waals surface area contributed by atoms with Gasteiger partial charge in [-0.1, -0.05) is 22.9 Å². The number of halogens is 1. The summed E-state index contributed by atoms with van der Waals surface area (Å²) in [5, 5.41) is 0. The van der Waals surface area contributed by atoms with Crippen molar-refractivity contribution < 1.29 is 9.53 Å². The minimum atomic E-state index is 0.107. The number of rotatable bonds is 3. The van der Waals surface area contributed by atoms with Crippen LogP contribution in [-0.2, 0) is 4.74 Å². The number of methoxy groups -OCH3 is 1. The molecule has 0 radical (unpaired) electrons. The van der Waals surface area contributed by atoms with Crippen molar-refractivity contribution >= 4 is 27.4 Å². The Morgan fingerprint density at radius 2 is 2.21 bits per heavy atom. The fourth-order valence-electron chi connectivity index (χ4n) is 2.62. The van der Waals surface area contributed by atoms with E-state index in [2.05, 4.69) is 27.8 Å². The molecule has 1 aliphatic heterocycles. The van der Waals surface area contributed by atoms with Gasteiger partial charge in [-0.25, -0.2) is 0 Å². The number of hydrogen-bond acceptors (Lipinski definition) is 3. The van der Waals surface area contributed by atoms with Crippen LogP contribution < -0.4 is 4.90 Å². The van der Waals surface area contributed by atoms with Gasteiger partial charge in [-0.3, -0.25) is 4.79 Å². The maximum atomic E-state index is 11.8. The lowest BCUT2D eigenvalue weighted by molar-refractivity contribution is 0.0498. The molecule has 104 valence electrons. The number of ether oxygens (including phenoxy) is 1. The first kappa shape index (κ1) is 14.5. The van der Waals surface area contributed by atoms with Crippen LogP contribution in [0.5, 0.6) is 0 Å². The van der Waals surface area contributed by atoms with Crippen molar-refractivity contribution in [1.82, 2.24) is 0 Å². The second kappa shape index (κ2) is 6.06. The molecule has 0 saturated carbocycles. The summed E-state index contributed by atoms with van der Waals surface area (Å²) in [6.45, 7) is 5.65. The number of carbonyl (C=O) groups excluding carboxylic acids is 1. The van der Waals surface area contributed by atoms with Gasteiger partial charge in [0.25, 0.3) is 0 Å². The average Bonchev–Trinajstić information content (AvgIpc) is 2.38. The van der Waals surface area contributed by atoms with Crippen molar-refractivity contribution in [1.29, 1.82) is 0 Å². The van der Waals surface area contributed by atoms with Crippen LogP contribution in [-0.4, -0.2) is 32.1 Å². The van der Waals surface area contributed by atoms with E-state index in [1.807, 2.05) is 18.2 Å². The van der Waals surface area contributed by atoms with E-state index in [1.54, 1.807) is 14.0 Å². The molecule has 0 amide bonds. The Labute approximate surface area is 123 Å². The van der Waals surface area contributed by atoms with Gasteiger partial charge in [0.15, 0.2) is 5.78 Å². The predicted octanol–water partition coefficient (Wildman–Crippen LogP) is 3.51. The smallest absolute Gasteiger partial charge is 0.161 e. The van der Waals surface area contributed by atoms with E-state index in [0.717, 1.165) is 35.2 Å². The summed E-state index contributed by atoms with van der Waals surface area (Å²) in [5.41, 5.74) is 1.79. The van der Waals surface area contributed by atoms with Gasteiger partial charge in [-0.2, -0.15) is 0 Å². The number of piperidine rings is 1. The summed E-state index contributed by atoms with van der Waals surface area (Å²) in [6.07, 6.45) is 1.31. The summed E-state index contributed by atoms with van der Waals surface area (Å²) in [7, 11) is 1.76. The van der Waals surface area contributed by atoms with Crippen molar-refractivity contribution in [2.75, 3.05) is 25.1 Å². The molecular weight excluding hydrogens is 306 g/mol. The predicted molar refractivity (Wildman–Crippen MR) is 80.9 cm³/mol. The van der Waals surface area contributed by atoms with Crippen molar-refractivity contribution in [3.05, 3.63) is 28.2 Å². The molecule has 4 heteroatoms. The second-order valence-corrected chi connectivity index (χ2v) is 6.12. The van der Waals surface area contributed by atoms with E-state index in [0.29, 0.717) is 5.92 Å². The van der Waals surface area contributed by atoms with E-state index in [-0.39, 0.29) is 11.9 Å². The quantitative estimate of drug-likeness (QED) is 0.796. The number of hydrogen-bond donors (Lipinski definition) is 0. The largest absolute Gasteiger partial charge is 0.379 e. The molecule has 0 aromatic heterocycles. The fourth-order valence-corrected chi connectivity index (χ4v) is 2.97. The summed E-state index contributed by atoms with van der Waals surface area (Å²) < 4.78 is 6.55. The molecule has 1 aromatic rings. The number of benzene rings is 1. The normalized spacial score (nSPS) is 23.5. The van der Waals surface area contributed by atoms with E-state index >= 15 is 0 Å². The first-order chi connectivity index (χ1) is 9.02. The summed E-state index contributed by atoms with van der Waals surface area (Å²) in [6, 6.07) is 5.83. The Balaban J connectivity index is 2.31. The van der Waals surface area contributed by atoms with Crippen molar-refractivity contribution in [3.63, 3.8) is 0 Å². The van der Waals surface area contributed by atoms with Crippen molar-refractivity contribution in [2.45, 2.75) is 26.4 Å². The van der Waals surface area contributed by atoms with Crippen LogP contribution in [0.4, 0.5) is 5.69 Å². The van der Waals surface area contributed by atoms with Crippen molar-refractivity contribution in [3.8, 4) is 0 Å². The van der Waals surface area contributed by atoms with Gasteiger partial charge in [0.2, 0.25) is 0 Å². The van der Waals surface area contributed by atoms with E-state index < -0.39 is 0 Å². The SMILES string of the molecule is COC1CN(c2cc(Br)ccc2C(C)=O)CCC1C. The minimum Gasteiger partial charge on any atom is -0.379 e. The summed E-state index contributed by atoms with van der Waals surface area (Å²) >= 11 is 3.49. The molecule has 0 N–H and O–H groups in total. The highest BCUT2D eigenvalue weighted by Gasteiger charge is 2.27. The van der Waals surface area contributed by atoms with Gasteiger partial charge < -0.3 is 9.64 Å². The van der Waals surface area contributed by atoms with E-state index in [4.69, 9.17) is 4.74 Å². The molecule has 2 atom stereocenters. The van der Waals surface area contributed by atoms with Crippen LogP contribution >= 0.6 is 15.9 Å². The standard InChI is InChI=1S/C15H20BrNO2/c1-10-6-7-17(9-15(10)19-3)14-8-12(16)4-5-13(14)11(2)18/h4-5,8,10,15H,6-7,9H2,1-3H3. The molecule has 1 fully saturated rings. The molecule has 3 nitrogen and oxygen atoms in total. The monoisotopic (exact) mass is 325 g/mol. The molecule has 19 heavy (non-hydrogen) atoms. The number of anilines is 1. The molecule has 1 saturated heterocycles. The zero-order valence-electron chi connectivity index (χ0n) is 11.6. The third-order valence-electron chi connectivity index (χ3n) is 3.87. The Morgan fingerprint density at radius 3 is 2.84 bits per heavy atom. The van der Waals surface area contributed by atoms with Gasteiger partial charge >= 0.3 is 0 Å². The Morgan fingerprint density at radius 1 is 1.47 bits per heavy atom. The Hall–Kier alpha value is -0.870. The zero-order valence-corrected chi connectivity index (χ0v) is 13.2. The summed E-state index contributed by atoms with van der Waals surface area (Å²) in [4.78, 5) is 14.0. The lowest BCUT2D eigenvalue weighted by Gasteiger charge is -2.38. The zero-order chi connectivity index (χ0) is 14.0. The molecule has 1 aromatic carbocycles. The highest BCUT2D eigenvalue weighted by atomic mass is 79.9. The Kier molecular flexibility index (Phi) is 4.63. The number of ketones is 1. The van der Waals surface area contributed by atoms with Crippen LogP contribution in [0.1, 0.15) is 30.6 Å². The Bertz CT molecular complexity index is 475. The maximum Gasteiger partial charge on any atom is 0.161 e. The topological polar surface area (TPSA) is 29.5 Å². The molecule has 2 unspecified atom stereocenters. The molecule has 1 heterocycles. The van der Waals surface area contributed by atoms with Crippen molar-refractivity contribution in [2.24, 2.45) is 5.92 Å². The van der Waals surface area contributed by atoms with Gasteiger partial charge in [0, 0.05) is 35.9 Å². The van der Waals surface area contributed by atoms with E-state index in [1.165, 1.54) is 0 Å². The molecule has 0 aliphatic carbocycles.